The van der Waals surface area contributed by atoms with Gasteiger partial charge < -0.3 is 0 Å². The molecule has 4 nitrogen and oxygen atoms in total. The Hall–Kier alpha value is -1.04. The van der Waals surface area contributed by atoms with Crippen molar-refractivity contribution >= 4 is 40.7 Å². The van der Waals surface area contributed by atoms with Crippen molar-refractivity contribution in [3.8, 4) is 11.4 Å². The van der Waals surface area contributed by atoms with E-state index in [4.69, 9.17) is 23.2 Å². The van der Waals surface area contributed by atoms with E-state index in [9.17, 15) is 0 Å². The van der Waals surface area contributed by atoms with Gasteiger partial charge in [-0.05, 0) is 18.1 Å². The van der Waals surface area contributed by atoms with Gasteiger partial charge in [0.1, 0.15) is 0 Å². The van der Waals surface area contributed by atoms with Crippen LogP contribution >= 0.6 is 35.0 Å². The van der Waals surface area contributed by atoms with Gasteiger partial charge in [0.2, 0.25) is 5.16 Å². The molecule has 0 unspecified atom stereocenters. The van der Waals surface area contributed by atoms with Crippen molar-refractivity contribution in [1.82, 2.24) is 14.9 Å². The van der Waals surface area contributed by atoms with Crippen LogP contribution in [0.25, 0.3) is 11.4 Å². The zero-order valence-corrected chi connectivity index (χ0v) is 13.3. The predicted molar refractivity (Wildman–Crippen MR) is 83.9 cm³/mol. The Morgan fingerprint density at radius 1 is 1.25 bits per heavy atom. The third-order valence-electron chi connectivity index (χ3n) is 3.05. The fourth-order valence-corrected chi connectivity index (χ4v) is 3.27. The van der Waals surface area contributed by atoms with Crippen molar-refractivity contribution in [3.63, 3.8) is 0 Å². The van der Waals surface area contributed by atoms with Gasteiger partial charge in [0.15, 0.2) is 5.82 Å². The summed E-state index contributed by atoms with van der Waals surface area (Å²) in [5.74, 6) is 1.86. The highest BCUT2D eigenvalue weighted by Crippen LogP contribution is 2.35. The van der Waals surface area contributed by atoms with E-state index in [-0.39, 0.29) is 0 Å². The van der Waals surface area contributed by atoms with Crippen molar-refractivity contribution in [3.05, 3.63) is 28.2 Å². The molecule has 1 aromatic carbocycles. The zero-order valence-electron chi connectivity index (χ0n) is 11.0. The molecule has 0 saturated heterocycles. The molecule has 0 atom stereocenters. The number of halogens is 2. The molecule has 0 N–H and O–H groups in total. The van der Waals surface area contributed by atoms with E-state index >= 15 is 0 Å². The fourth-order valence-electron chi connectivity index (χ4n) is 1.87. The molecule has 2 aromatic rings. The topological polar surface area (TPSA) is 43.1 Å². The minimum atomic E-state index is 0.390. The first-order valence-electron chi connectivity index (χ1n) is 6.18. The number of thioether (sulfide) groups is 1. The molecule has 104 valence electrons. The second-order valence-electron chi connectivity index (χ2n) is 4.75. The van der Waals surface area contributed by atoms with Gasteiger partial charge in [-0.2, -0.15) is 9.78 Å². The molecular formula is C13H12Cl2N4S. The summed E-state index contributed by atoms with van der Waals surface area (Å²) in [6.45, 7) is 4.25. The molecule has 0 spiro atoms. The van der Waals surface area contributed by atoms with Crippen molar-refractivity contribution in [1.29, 1.82) is 0 Å². The van der Waals surface area contributed by atoms with Crippen molar-refractivity contribution in [2.75, 3.05) is 5.75 Å². The highest BCUT2D eigenvalue weighted by atomic mass is 35.5. The number of aromatic nitrogens is 3. The molecule has 2 heterocycles. The first-order chi connectivity index (χ1) is 9.58. The maximum Gasteiger partial charge on any atom is 0.212 e. The first kappa shape index (κ1) is 13.9. The summed E-state index contributed by atoms with van der Waals surface area (Å²) in [6, 6.07) is 5.46. The van der Waals surface area contributed by atoms with Crippen molar-refractivity contribution < 1.29 is 0 Å². The van der Waals surface area contributed by atoms with Crippen LogP contribution in [-0.2, 0) is 0 Å². The summed E-state index contributed by atoms with van der Waals surface area (Å²) < 4.78 is 1.75. The van der Waals surface area contributed by atoms with Crippen molar-refractivity contribution in [2.24, 2.45) is 11.0 Å². The van der Waals surface area contributed by atoms with Crippen LogP contribution in [0.1, 0.15) is 13.8 Å². The van der Waals surface area contributed by atoms with Crippen LogP contribution in [0.15, 0.2) is 28.5 Å². The van der Waals surface area contributed by atoms with Crippen LogP contribution in [0.4, 0.5) is 0 Å². The quantitative estimate of drug-likeness (QED) is 0.829. The average Bonchev–Trinajstić information content (AvgIpc) is 2.84. The molecule has 20 heavy (non-hydrogen) atoms. The fraction of sp³-hybridized carbons (Fsp3) is 0.308. The Morgan fingerprint density at radius 3 is 2.80 bits per heavy atom. The molecule has 3 rings (SSSR count). The summed E-state index contributed by atoms with van der Waals surface area (Å²) >= 11 is 14.0. The maximum absolute atomic E-state index is 6.26. The molecule has 0 bridgehead atoms. The lowest BCUT2D eigenvalue weighted by Crippen LogP contribution is -2.17. The largest absolute Gasteiger partial charge is 0.212 e. The second kappa shape index (κ2) is 5.39. The molecule has 7 heteroatoms. The average molecular weight is 327 g/mol. The summed E-state index contributed by atoms with van der Waals surface area (Å²) in [7, 11) is 0. The van der Waals surface area contributed by atoms with Crippen LogP contribution in [0.2, 0.25) is 10.0 Å². The Bertz CT molecular complexity index is 694. The van der Waals surface area contributed by atoms with Gasteiger partial charge in [-0.15, -0.1) is 10.2 Å². The molecule has 1 aromatic heterocycles. The number of hydrogen-bond acceptors (Lipinski definition) is 4. The van der Waals surface area contributed by atoms with E-state index in [0.717, 1.165) is 22.2 Å². The molecular weight excluding hydrogens is 315 g/mol. The monoisotopic (exact) mass is 326 g/mol. The number of rotatable bonds is 2. The van der Waals surface area contributed by atoms with Gasteiger partial charge in [-0.25, -0.2) is 0 Å². The SMILES string of the molecule is CC(C)C1=Nn2c(nnc2-c2cccc(Cl)c2Cl)SC1. The first-order valence-corrected chi connectivity index (χ1v) is 7.92. The second-order valence-corrected chi connectivity index (χ2v) is 6.48. The molecule has 0 amide bonds. The van der Waals surface area contributed by atoms with Gasteiger partial charge in [-0.1, -0.05) is 54.9 Å². The Labute approximate surface area is 131 Å². The van der Waals surface area contributed by atoms with Gasteiger partial charge in [0.05, 0.1) is 15.8 Å². The maximum atomic E-state index is 6.26. The van der Waals surface area contributed by atoms with Gasteiger partial charge in [0, 0.05) is 11.3 Å². The smallest absolute Gasteiger partial charge is 0.187 e. The van der Waals surface area contributed by atoms with Gasteiger partial charge in [-0.3, -0.25) is 0 Å². The zero-order chi connectivity index (χ0) is 14.3. The highest BCUT2D eigenvalue weighted by Gasteiger charge is 2.22. The molecule has 1 aliphatic heterocycles. The molecule has 0 fully saturated rings. The normalized spacial score (nSPS) is 14.3. The van der Waals surface area contributed by atoms with E-state index in [1.807, 2.05) is 12.1 Å². The third-order valence-corrected chi connectivity index (χ3v) is 4.82. The Morgan fingerprint density at radius 2 is 2.05 bits per heavy atom. The van der Waals surface area contributed by atoms with Crippen molar-refractivity contribution in [2.45, 2.75) is 19.0 Å². The van der Waals surface area contributed by atoms with Gasteiger partial charge in [0.25, 0.3) is 0 Å². The summed E-state index contributed by atoms with van der Waals surface area (Å²) in [5, 5.41) is 14.8. The van der Waals surface area contributed by atoms with E-state index < -0.39 is 0 Å². The van der Waals surface area contributed by atoms with E-state index in [0.29, 0.717) is 21.8 Å². The predicted octanol–water partition coefficient (Wildman–Crippen LogP) is 4.22. The number of nitrogens with zero attached hydrogens (tertiary/aromatic N) is 4. The molecule has 0 aliphatic carbocycles. The van der Waals surface area contributed by atoms with Gasteiger partial charge >= 0.3 is 0 Å². The summed E-state index contributed by atoms with van der Waals surface area (Å²) in [6.07, 6.45) is 0. The van der Waals surface area contributed by atoms with Crippen LogP contribution in [0, 0.1) is 5.92 Å². The third kappa shape index (κ3) is 2.34. The summed E-state index contributed by atoms with van der Waals surface area (Å²) in [4.78, 5) is 0. The minimum absolute atomic E-state index is 0.390. The lowest BCUT2D eigenvalue weighted by atomic mass is 10.1. The lowest BCUT2D eigenvalue weighted by Gasteiger charge is -2.16. The van der Waals surface area contributed by atoms with Crippen LogP contribution in [-0.4, -0.2) is 26.3 Å². The number of benzene rings is 1. The molecule has 0 saturated carbocycles. The van der Waals surface area contributed by atoms with Crippen LogP contribution in [0.5, 0.6) is 0 Å². The van der Waals surface area contributed by atoms with Crippen LogP contribution < -0.4 is 0 Å². The summed E-state index contributed by atoms with van der Waals surface area (Å²) in [5.41, 5.74) is 1.86. The Balaban J connectivity index is 2.15. The minimum Gasteiger partial charge on any atom is -0.187 e. The standard InChI is InChI=1S/C13H12Cl2N4S/c1-7(2)10-6-20-13-17-16-12(19(13)18-10)8-4-3-5-9(14)11(8)15/h3-5,7H,6H2,1-2H3. The Kier molecular flexibility index (Phi) is 3.75. The van der Waals surface area contributed by atoms with E-state index in [1.54, 1.807) is 22.5 Å². The number of fused-ring (bicyclic) bond motifs is 1. The van der Waals surface area contributed by atoms with E-state index in [2.05, 4.69) is 29.1 Å². The molecule has 1 aliphatic rings. The molecule has 0 radical (unpaired) electrons. The highest BCUT2D eigenvalue weighted by molar-refractivity contribution is 7.99. The lowest BCUT2D eigenvalue weighted by molar-refractivity contribution is 0.736. The van der Waals surface area contributed by atoms with E-state index in [1.165, 1.54) is 0 Å². The number of hydrogen-bond donors (Lipinski definition) is 0. The van der Waals surface area contributed by atoms with Crippen LogP contribution in [0.3, 0.4) is 0 Å².